The first-order valence-electron chi connectivity index (χ1n) is 24.3. The van der Waals surface area contributed by atoms with Crippen molar-refractivity contribution in [3.05, 3.63) is 179 Å². The summed E-state index contributed by atoms with van der Waals surface area (Å²) in [6.07, 6.45) is 0. The van der Waals surface area contributed by atoms with Gasteiger partial charge in [0.25, 0.3) is 0 Å². The van der Waals surface area contributed by atoms with E-state index in [4.69, 9.17) is 30.1 Å². The molecule has 0 saturated heterocycles. The summed E-state index contributed by atoms with van der Waals surface area (Å²) < 4.78 is 9.31. The van der Waals surface area contributed by atoms with E-state index >= 15 is 0 Å². The number of rotatable bonds is 6. The Hall–Kier alpha value is -2.39. The summed E-state index contributed by atoms with van der Waals surface area (Å²) in [5.74, 6) is 0. The molecule has 0 N–H and O–H groups in total. The number of benzene rings is 6. The van der Waals surface area contributed by atoms with Crippen molar-refractivity contribution in [3.8, 4) is 0 Å². The number of hydrogen-bond donors (Lipinski definition) is 0. The van der Waals surface area contributed by atoms with Crippen molar-refractivity contribution in [1.29, 1.82) is 0 Å². The van der Waals surface area contributed by atoms with Crippen molar-refractivity contribution in [2.24, 2.45) is 0 Å². The third kappa shape index (κ3) is 26.1. The Morgan fingerprint density at radius 2 is 0.296 bits per heavy atom. The fraction of sp³-hybridized carbons (Fsp3) is 0.400. The van der Waals surface area contributed by atoms with Crippen molar-refractivity contribution in [2.45, 2.75) is 157 Å². The Kier molecular flexibility index (Phi) is 26.0. The first kappa shape index (κ1) is 64.7. The zero-order chi connectivity index (χ0) is 54.2. The van der Waals surface area contributed by atoms with Gasteiger partial charge in [-0.3, -0.25) is 14.6 Å². The van der Waals surface area contributed by atoms with Crippen molar-refractivity contribution < 1.29 is 30.1 Å². The maximum Gasteiger partial charge on any atom is -0.278 e. The average Bonchev–Trinajstić information content (AvgIpc) is 3.23. The Labute approximate surface area is 461 Å². The van der Waals surface area contributed by atoms with E-state index in [0.29, 0.717) is 0 Å². The third-order valence-corrected chi connectivity index (χ3v) is 22.0. The second kappa shape index (κ2) is 28.5. The molecule has 0 heterocycles. The normalized spacial score (nSPS) is 11.5. The molecule has 11 heteroatoms. The number of hydrogen-bond acceptors (Lipinski definition) is 6. The molecule has 0 fully saturated rings. The molecule has 71 heavy (non-hydrogen) atoms. The second-order valence-corrected chi connectivity index (χ2v) is 35.9. The average molecular weight is 1270 g/mol. The van der Waals surface area contributed by atoms with Crippen LogP contribution in [0.1, 0.15) is 158 Å². The predicted octanol–water partition coefficient (Wildman–Crippen LogP) is 3.91. The van der Waals surface area contributed by atoms with E-state index in [1.807, 2.05) is 0 Å². The van der Waals surface area contributed by atoms with Gasteiger partial charge in [-0.2, -0.15) is 0 Å². The second-order valence-electron chi connectivity index (χ2n) is 23.9. The molecule has 0 aromatic heterocycles. The summed E-state index contributed by atoms with van der Waals surface area (Å²) >= 11 is -1.98. The predicted molar refractivity (Wildman–Crippen MR) is 297 cm³/mol. The molecule has 0 bridgehead atoms. The summed E-state index contributed by atoms with van der Waals surface area (Å²) in [7, 11) is -5.83. The van der Waals surface area contributed by atoms with E-state index < -0.39 is 78.1 Å². The first-order valence-corrected chi connectivity index (χ1v) is 32.9. The standard InChI is InChI=1S/6C10H13.2BO3.3Sn/c6*1-10(2,3)9-7-5-4-6-8-9;2*2-1(3)4;;;/h6*5-8H,1-3H3;;;;;/q;;;;;;2*-3;3*+2. The molecule has 0 aliphatic rings. The molecular formula is C60H78B2O6Sn3. The molecule has 0 saturated carbocycles. The van der Waals surface area contributed by atoms with Gasteiger partial charge in [0.1, 0.15) is 0 Å². The van der Waals surface area contributed by atoms with E-state index in [1.165, 1.54) is 33.4 Å². The van der Waals surface area contributed by atoms with Gasteiger partial charge in [-0.15, -0.1) is 0 Å². The first-order chi connectivity index (χ1) is 32.4. The minimum Gasteiger partial charge on any atom is -0.907 e. The van der Waals surface area contributed by atoms with Crippen molar-refractivity contribution >= 4 is 99.5 Å². The minimum atomic E-state index is -2.92. The van der Waals surface area contributed by atoms with Gasteiger partial charge in [-0.1, -0.05) is 0 Å². The molecule has 0 unspecified atom stereocenters. The minimum absolute atomic E-state index is 0.248. The topological polar surface area (TPSA) is 138 Å². The van der Waals surface area contributed by atoms with E-state index in [1.54, 1.807) is 21.5 Å². The van der Waals surface area contributed by atoms with E-state index in [9.17, 15) is 0 Å². The molecular weight excluding hydrogens is 1190 g/mol. The van der Waals surface area contributed by atoms with Crippen LogP contribution >= 0.6 is 0 Å². The Bertz CT molecular complexity index is 1970. The van der Waals surface area contributed by atoms with Crippen LogP contribution in [0.3, 0.4) is 0 Å². The zero-order valence-electron chi connectivity index (χ0n) is 46.0. The summed E-state index contributed by atoms with van der Waals surface area (Å²) in [6, 6.07) is 55.7. The molecule has 372 valence electrons. The van der Waals surface area contributed by atoms with E-state index in [-0.39, 0.29) is 32.5 Å². The fourth-order valence-electron chi connectivity index (χ4n) is 6.82. The smallest absolute Gasteiger partial charge is 0.278 e. The van der Waals surface area contributed by atoms with Gasteiger partial charge < -0.3 is 30.1 Å². The van der Waals surface area contributed by atoms with E-state index in [2.05, 4.69) is 270 Å². The fourth-order valence-corrected chi connectivity index (χ4v) is 15.4. The van der Waals surface area contributed by atoms with Crippen LogP contribution in [0.15, 0.2) is 146 Å². The van der Waals surface area contributed by atoms with Gasteiger partial charge >= 0.3 is 421 Å². The monoisotopic (exact) mass is 1280 g/mol. The molecule has 6 rings (SSSR count). The van der Waals surface area contributed by atoms with Crippen LogP contribution in [0, 0.1) is 0 Å². The summed E-state index contributed by atoms with van der Waals surface area (Å²) in [5, 5.41) is 50.5. The van der Waals surface area contributed by atoms with Crippen LogP contribution in [-0.4, -0.2) is 78.1 Å². The molecule has 0 aliphatic carbocycles. The van der Waals surface area contributed by atoms with Crippen molar-refractivity contribution in [1.82, 2.24) is 0 Å². The van der Waals surface area contributed by atoms with E-state index in [0.717, 1.165) is 0 Å². The van der Waals surface area contributed by atoms with Crippen LogP contribution in [0.5, 0.6) is 0 Å². The zero-order valence-corrected chi connectivity index (χ0v) is 54.5. The van der Waals surface area contributed by atoms with Gasteiger partial charge in [-0.05, 0) is 0 Å². The van der Waals surface area contributed by atoms with Crippen LogP contribution in [0.2, 0.25) is 0 Å². The largest absolute Gasteiger partial charge is 0.907 e. The Balaban J connectivity index is 0.000000338. The summed E-state index contributed by atoms with van der Waals surface area (Å²) in [6.45, 7) is 40.9. The Morgan fingerprint density at radius 3 is 0.366 bits per heavy atom. The van der Waals surface area contributed by atoms with Gasteiger partial charge in [0, 0.05) is 0 Å². The Morgan fingerprint density at radius 1 is 0.211 bits per heavy atom. The maximum absolute atomic E-state index is 8.42. The van der Waals surface area contributed by atoms with Crippen LogP contribution in [0.4, 0.5) is 0 Å². The van der Waals surface area contributed by atoms with Crippen LogP contribution < -0.4 is 51.6 Å². The summed E-state index contributed by atoms with van der Waals surface area (Å²) in [4.78, 5) is 0. The van der Waals surface area contributed by atoms with Crippen LogP contribution in [0.25, 0.3) is 0 Å². The molecule has 0 spiro atoms. The SMILES string of the molecule is CC(C)(C)c1cc[c]([Sn+2][c]2ccc(C(C)(C)C)cc2)cc1.CC(C)(C)c1cc[c]([Sn+2][c]2ccc(C(C)(C)C)cc2)cc1.CC(C)(C)c1cc[c]([Sn+2][c]2ccc(C(C)(C)C)cc2)cc1.[O-]B([O-])[O-].[O-]B([O-])[O-]. The van der Waals surface area contributed by atoms with Crippen molar-refractivity contribution in [2.75, 3.05) is 0 Å². The maximum atomic E-state index is 8.42. The molecule has 6 aromatic rings. The molecule has 0 atom stereocenters. The third-order valence-electron chi connectivity index (χ3n) is 11.4. The molecule has 0 aliphatic heterocycles. The van der Waals surface area contributed by atoms with Gasteiger partial charge in [0.05, 0.1) is 0 Å². The molecule has 6 aromatic carbocycles. The summed E-state index contributed by atoms with van der Waals surface area (Å²) in [5.41, 5.74) is 10.0. The molecule has 0 radical (unpaired) electrons. The quantitative estimate of drug-likeness (QED) is 0.232. The van der Waals surface area contributed by atoms with Gasteiger partial charge in [0.2, 0.25) is 0 Å². The van der Waals surface area contributed by atoms with Gasteiger partial charge in [-0.25, -0.2) is 0 Å². The molecule has 6 nitrogen and oxygen atoms in total. The van der Waals surface area contributed by atoms with Crippen molar-refractivity contribution in [3.63, 3.8) is 0 Å². The molecule has 0 amide bonds. The van der Waals surface area contributed by atoms with Crippen LogP contribution in [-0.2, 0) is 32.5 Å². The van der Waals surface area contributed by atoms with Gasteiger partial charge in [0.15, 0.2) is 0 Å².